The summed E-state index contributed by atoms with van der Waals surface area (Å²) in [5, 5.41) is 9.87. The SMILES string of the molecule is CCNC(=S)Nc1cnc2ccc(NCCc3ccccc3)nc2n1. The van der Waals surface area contributed by atoms with Gasteiger partial charge < -0.3 is 16.0 Å². The van der Waals surface area contributed by atoms with Crippen molar-refractivity contribution in [3.63, 3.8) is 0 Å². The fraction of sp³-hybridized carbons (Fsp3) is 0.222. The second kappa shape index (κ2) is 8.34. The molecule has 0 unspecified atom stereocenters. The molecule has 0 fully saturated rings. The van der Waals surface area contributed by atoms with E-state index >= 15 is 0 Å². The maximum Gasteiger partial charge on any atom is 0.182 e. The average molecular weight is 352 g/mol. The number of fused-ring (bicyclic) bond motifs is 1. The standard InChI is InChI=1S/C18H20N6S/c1-2-19-18(25)24-16-12-21-14-8-9-15(22-17(14)23-16)20-11-10-13-6-4-3-5-7-13/h3-9,12H,2,10-11H2,1H3,(H3,19,20,22,23,24,25). The maximum absolute atomic E-state index is 5.16. The molecule has 3 rings (SSSR count). The number of nitrogens with zero attached hydrogens (tertiary/aromatic N) is 3. The van der Waals surface area contributed by atoms with E-state index in [2.05, 4.69) is 43.0 Å². The van der Waals surface area contributed by atoms with Crippen molar-refractivity contribution in [1.29, 1.82) is 0 Å². The van der Waals surface area contributed by atoms with Gasteiger partial charge in [-0.25, -0.2) is 15.0 Å². The first-order chi connectivity index (χ1) is 12.2. The maximum atomic E-state index is 5.16. The normalized spacial score (nSPS) is 10.4. The Hall–Kier alpha value is -2.80. The smallest absolute Gasteiger partial charge is 0.182 e. The number of benzene rings is 1. The molecule has 0 bridgehead atoms. The number of nitrogens with one attached hydrogen (secondary N) is 3. The minimum Gasteiger partial charge on any atom is -0.370 e. The van der Waals surface area contributed by atoms with Crippen LogP contribution >= 0.6 is 12.2 Å². The van der Waals surface area contributed by atoms with Crippen LogP contribution < -0.4 is 16.0 Å². The predicted molar refractivity (Wildman–Crippen MR) is 106 cm³/mol. The first kappa shape index (κ1) is 17.0. The third-order valence-corrected chi connectivity index (χ3v) is 3.79. The minimum absolute atomic E-state index is 0.522. The van der Waals surface area contributed by atoms with Crippen molar-refractivity contribution in [3.8, 4) is 0 Å². The Morgan fingerprint density at radius 3 is 2.64 bits per heavy atom. The highest BCUT2D eigenvalue weighted by Gasteiger charge is 2.04. The van der Waals surface area contributed by atoms with Gasteiger partial charge in [-0.1, -0.05) is 30.3 Å². The van der Waals surface area contributed by atoms with E-state index in [0.29, 0.717) is 16.6 Å². The molecule has 6 nitrogen and oxygen atoms in total. The van der Waals surface area contributed by atoms with Gasteiger partial charge >= 0.3 is 0 Å². The van der Waals surface area contributed by atoms with Gasteiger partial charge in [-0.15, -0.1) is 0 Å². The van der Waals surface area contributed by atoms with Gasteiger partial charge in [-0.2, -0.15) is 0 Å². The summed E-state index contributed by atoms with van der Waals surface area (Å²) in [5.41, 5.74) is 2.61. The van der Waals surface area contributed by atoms with Crippen molar-refractivity contribution in [2.24, 2.45) is 0 Å². The van der Waals surface area contributed by atoms with Crippen molar-refractivity contribution in [2.75, 3.05) is 23.7 Å². The molecule has 0 aliphatic carbocycles. The Morgan fingerprint density at radius 1 is 1.04 bits per heavy atom. The molecule has 0 atom stereocenters. The van der Waals surface area contributed by atoms with Gasteiger partial charge in [-0.05, 0) is 43.3 Å². The Morgan fingerprint density at radius 2 is 1.84 bits per heavy atom. The first-order valence-corrected chi connectivity index (χ1v) is 8.62. The zero-order chi connectivity index (χ0) is 17.5. The van der Waals surface area contributed by atoms with Crippen LogP contribution in [0.4, 0.5) is 11.6 Å². The minimum atomic E-state index is 0.522. The summed E-state index contributed by atoms with van der Waals surface area (Å²) in [6.07, 6.45) is 2.58. The van der Waals surface area contributed by atoms with Crippen molar-refractivity contribution in [2.45, 2.75) is 13.3 Å². The lowest BCUT2D eigenvalue weighted by molar-refractivity contribution is 0.978. The fourth-order valence-corrected chi connectivity index (χ4v) is 2.61. The molecule has 0 aliphatic heterocycles. The molecule has 7 heteroatoms. The van der Waals surface area contributed by atoms with E-state index in [9.17, 15) is 0 Å². The molecule has 25 heavy (non-hydrogen) atoms. The molecule has 2 heterocycles. The molecule has 1 aromatic carbocycles. The summed E-state index contributed by atoms with van der Waals surface area (Å²) in [6, 6.07) is 14.2. The molecule has 0 saturated heterocycles. The monoisotopic (exact) mass is 352 g/mol. The highest BCUT2D eigenvalue weighted by molar-refractivity contribution is 7.80. The molecule has 0 aliphatic rings. The largest absolute Gasteiger partial charge is 0.370 e. The van der Waals surface area contributed by atoms with E-state index in [1.165, 1.54) is 5.56 Å². The molecular formula is C18H20N6S. The lowest BCUT2D eigenvalue weighted by Gasteiger charge is -2.09. The summed E-state index contributed by atoms with van der Waals surface area (Å²) in [6.45, 7) is 3.54. The van der Waals surface area contributed by atoms with Gasteiger partial charge in [0, 0.05) is 13.1 Å². The number of thiocarbonyl (C=S) groups is 1. The number of hydrogen-bond acceptors (Lipinski definition) is 5. The summed E-state index contributed by atoms with van der Waals surface area (Å²) in [5.74, 6) is 1.36. The first-order valence-electron chi connectivity index (χ1n) is 8.21. The molecule has 0 saturated carbocycles. The lowest BCUT2D eigenvalue weighted by Crippen LogP contribution is -2.28. The summed E-state index contributed by atoms with van der Waals surface area (Å²) in [4.78, 5) is 13.4. The number of pyridine rings is 1. The predicted octanol–water partition coefficient (Wildman–Crippen LogP) is 2.99. The summed E-state index contributed by atoms with van der Waals surface area (Å²) >= 11 is 5.16. The van der Waals surface area contributed by atoms with E-state index in [4.69, 9.17) is 12.2 Å². The second-order valence-corrected chi connectivity index (χ2v) is 5.85. The lowest BCUT2D eigenvalue weighted by atomic mass is 10.1. The van der Waals surface area contributed by atoms with E-state index < -0.39 is 0 Å². The van der Waals surface area contributed by atoms with E-state index in [1.54, 1.807) is 6.20 Å². The third-order valence-electron chi connectivity index (χ3n) is 3.55. The Bertz CT molecular complexity index is 853. The van der Waals surface area contributed by atoms with Crippen molar-refractivity contribution < 1.29 is 0 Å². The Labute approximate surface area is 152 Å². The van der Waals surface area contributed by atoms with Crippen molar-refractivity contribution in [1.82, 2.24) is 20.3 Å². The molecule has 0 spiro atoms. The zero-order valence-electron chi connectivity index (χ0n) is 14.0. The van der Waals surface area contributed by atoms with Crippen LogP contribution in [0.2, 0.25) is 0 Å². The number of aromatic nitrogens is 3. The summed E-state index contributed by atoms with van der Waals surface area (Å²) < 4.78 is 0. The van der Waals surface area contributed by atoms with Crippen LogP contribution in [0.15, 0.2) is 48.7 Å². The van der Waals surface area contributed by atoms with Crippen molar-refractivity contribution in [3.05, 3.63) is 54.2 Å². The van der Waals surface area contributed by atoms with Crippen LogP contribution in [-0.2, 0) is 6.42 Å². The van der Waals surface area contributed by atoms with Gasteiger partial charge in [0.05, 0.1) is 6.20 Å². The quantitative estimate of drug-likeness (QED) is 0.589. The number of rotatable bonds is 6. The van der Waals surface area contributed by atoms with Crippen LogP contribution in [-0.4, -0.2) is 33.2 Å². The van der Waals surface area contributed by atoms with Crippen molar-refractivity contribution >= 4 is 40.1 Å². The molecule has 0 amide bonds. The fourth-order valence-electron chi connectivity index (χ4n) is 2.36. The van der Waals surface area contributed by atoms with E-state index in [1.807, 2.05) is 37.3 Å². The molecular weight excluding hydrogens is 332 g/mol. The molecule has 3 N–H and O–H groups in total. The summed E-state index contributed by atoms with van der Waals surface area (Å²) in [7, 11) is 0. The Kier molecular flexibility index (Phi) is 5.69. The molecule has 0 radical (unpaired) electrons. The van der Waals surface area contributed by atoms with Crippen LogP contribution in [0, 0.1) is 0 Å². The van der Waals surface area contributed by atoms with Crippen LogP contribution in [0.1, 0.15) is 12.5 Å². The molecule has 128 valence electrons. The van der Waals surface area contributed by atoms with Crippen LogP contribution in [0.5, 0.6) is 0 Å². The average Bonchev–Trinajstić information content (AvgIpc) is 2.62. The van der Waals surface area contributed by atoms with E-state index in [0.717, 1.165) is 30.8 Å². The zero-order valence-corrected chi connectivity index (χ0v) is 14.8. The van der Waals surface area contributed by atoms with Gasteiger partial charge in [-0.3, -0.25) is 0 Å². The highest BCUT2D eigenvalue weighted by Crippen LogP contribution is 2.13. The number of anilines is 2. The molecule has 2 aromatic heterocycles. The van der Waals surface area contributed by atoms with Gasteiger partial charge in [0.15, 0.2) is 16.6 Å². The van der Waals surface area contributed by atoms with Gasteiger partial charge in [0.2, 0.25) is 0 Å². The Balaban J connectivity index is 1.66. The van der Waals surface area contributed by atoms with Crippen LogP contribution in [0.3, 0.4) is 0 Å². The molecule has 3 aromatic rings. The van der Waals surface area contributed by atoms with Crippen LogP contribution in [0.25, 0.3) is 11.2 Å². The van der Waals surface area contributed by atoms with Gasteiger partial charge in [0.1, 0.15) is 11.3 Å². The van der Waals surface area contributed by atoms with Gasteiger partial charge in [0.25, 0.3) is 0 Å². The van der Waals surface area contributed by atoms with E-state index in [-0.39, 0.29) is 0 Å². The topological polar surface area (TPSA) is 74.8 Å². The second-order valence-electron chi connectivity index (χ2n) is 5.44. The third kappa shape index (κ3) is 4.84. The highest BCUT2D eigenvalue weighted by atomic mass is 32.1. The number of hydrogen-bond donors (Lipinski definition) is 3.